The third-order valence-electron chi connectivity index (χ3n) is 5.17. The first-order valence-corrected chi connectivity index (χ1v) is 9.95. The summed E-state index contributed by atoms with van der Waals surface area (Å²) in [5.74, 6) is 1.07. The van der Waals surface area contributed by atoms with Gasteiger partial charge in [0, 0.05) is 32.6 Å². The second-order valence-electron chi connectivity index (χ2n) is 7.25. The molecule has 0 spiro atoms. The minimum absolute atomic E-state index is 0. The Hall–Kier alpha value is -1.83. The lowest BCUT2D eigenvalue weighted by molar-refractivity contribution is -0.119. The van der Waals surface area contributed by atoms with Crippen LogP contribution in [0.4, 0.5) is 0 Å². The third-order valence-corrected chi connectivity index (χ3v) is 5.17. The fourth-order valence-corrected chi connectivity index (χ4v) is 3.93. The highest BCUT2D eigenvalue weighted by Gasteiger charge is 2.23. The van der Waals surface area contributed by atoms with Gasteiger partial charge in [0.25, 0.3) is 0 Å². The van der Waals surface area contributed by atoms with Crippen LogP contribution in [0, 0.1) is 5.92 Å². The summed E-state index contributed by atoms with van der Waals surface area (Å²) in [6.45, 7) is 5.50. The van der Waals surface area contributed by atoms with Crippen LogP contribution in [-0.2, 0) is 11.2 Å². The maximum atomic E-state index is 11.3. The molecule has 1 saturated heterocycles. The Morgan fingerprint density at radius 2 is 2.04 bits per heavy atom. The number of nitrogens with one attached hydrogen (secondary N) is 1. The second kappa shape index (κ2) is 11.2. The van der Waals surface area contributed by atoms with Crippen LogP contribution in [0.3, 0.4) is 0 Å². The van der Waals surface area contributed by atoms with Crippen molar-refractivity contribution < 1.29 is 4.79 Å². The van der Waals surface area contributed by atoms with Crippen molar-refractivity contribution in [3.05, 3.63) is 48.0 Å². The molecule has 1 amide bonds. The molecule has 3 rings (SSSR count). The van der Waals surface area contributed by atoms with Gasteiger partial charge in [-0.2, -0.15) is 0 Å². The van der Waals surface area contributed by atoms with Crippen molar-refractivity contribution in [3.63, 3.8) is 0 Å². The number of carbonyl (C=O) groups excluding carboxylic acids is 1. The quantitative estimate of drug-likeness (QED) is 0.367. The Morgan fingerprint density at radius 3 is 2.82 bits per heavy atom. The highest BCUT2D eigenvalue weighted by atomic mass is 127. The maximum Gasteiger partial charge on any atom is 0.217 e. The number of aliphatic imine (C=N–C) groups is 1. The first-order chi connectivity index (χ1) is 13.2. The Kier molecular flexibility index (Phi) is 9.02. The molecule has 0 radical (unpaired) electrons. The number of halogens is 1. The molecule has 6 heteroatoms. The largest absolute Gasteiger partial charge is 0.370 e. The smallest absolute Gasteiger partial charge is 0.217 e. The lowest BCUT2D eigenvalue weighted by atomic mass is 9.95. The van der Waals surface area contributed by atoms with Crippen LogP contribution in [-0.4, -0.2) is 42.9 Å². The van der Waals surface area contributed by atoms with Crippen LogP contribution in [0.5, 0.6) is 0 Å². The zero-order chi connectivity index (χ0) is 19.1. The molecular formula is C22H31IN4O. The summed E-state index contributed by atoms with van der Waals surface area (Å²) in [6.07, 6.45) is 3.52. The summed E-state index contributed by atoms with van der Waals surface area (Å²) in [4.78, 5) is 18.4. The summed E-state index contributed by atoms with van der Waals surface area (Å²) in [6, 6.07) is 15.0. The van der Waals surface area contributed by atoms with Crippen LogP contribution in [0.1, 0.15) is 31.7 Å². The lowest BCUT2D eigenvalue weighted by Crippen LogP contribution is -2.47. The van der Waals surface area contributed by atoms with Crippen molar-refractivity contribution >= 4 is 46.6 Å². The molecule has 0 saturated carbocycles. The number of carbonyl (C=O) groups is 1. The number of amides is 1. The van der Waals surface area contributed by atoms with Crippen LogP contribution in [0.2, 0.25) is 0 Å². The van der Waals surface area contributed by atoms with Gasteiger partial charge in [-0.25, -0.2) is 0 Å². The molecule has 0 bridgehead atoms. The summed E-state index contributed by atoms with van der Waals surface area (Å²) in [5.41, 5.74) is 6.72. The van der Waals surface area contributed by atoms with Gasteiger partial charge in [-0.15, -0.1) is 24.0 Å². The summed E-state index contributed by atoms with van der Waals surface area (Å²) in [5, 5.41) is 5.99. The molecule has 28 heavy (non-hydrogen) atoms. The number of nitrogens with zero attached hydrogens (tertiary/aromatic N) is 2. The van der Waals surface area contributed by atoms with Gasteiger partial charge in [-0.05, 0) is 48.4 Å². The van der Waals surface area contributed by atoms with E-state index < -0.39 is 0 Å². The first kappa shape index (κ1) is 22.5. The van der Waals surface area contributed by atoms with Crippen molar-refractivity contribution in [1.29, 1.82) is 0 Å². The van der Waals surface area contributed by atoms with Crippen molar-refractivity contribution in [2.75, 3.05) is 26.2 Å². The molecule has 1 fully saturated rings. The number of guanidine groups is 1. The minimum atomic E-state index is -0.209. The van der Waals surface area contributed by atoms with E-state index in [4.69, 9.17) is 10.7 Å². The maximum absolute atomic E-state index is 11.3. The standard InChI is InChI=1S/C22H30N4O.HI/c1-2-24-22(26-14-6-7-17(16-26)15-21(23)27)25-13-12-19-10-5-9-18-8-3-4-11-20(18)19;/h3-5,8-11,17H,2,6-7,12-16H2,1H3,(H2,23,27)(H,24,25);1H. The van der Waals surface area contributed by atoms with E-state index in [9.17, 15) is 4.79 Å². The van der Waals surface area contributed by atoms with E-state index in [0.29, 0.717) is 12.3 Å². The summed E-state index contributed by atoms with van der Waals surface area (Å²) in [7, 11) is 0. The number of likely N-dealkylation sites (tertiary alicyclic amines) is 1. The van der Waals surface area contributed by atoms with Crippen molar-refractivity contribution in [3.8, 4) is 0 Å². The van der Waals surface area contributed by atoms with Gasteiger partial charge in [0.1, 0.15) is 0 Å². The summed E-state index contributed by atoms with van der Waals surface area (Å²) < 4.78 is 0. The average molecular weight is 494 g/mol. The molecular weight excluding hydrogens is 463 g/mol. The van der Waals surface area contributed by atoms with Gasteiger partial charge >= 0.3 is 0 Å². The number of benzene rings is 2. The topological polar surface area (TPSA) is 70.7 Å². The van der Waals surface area contributed by atoms with E-state index in [2.05, 4.69) is 59.6 Å². The Morgan fingerprint density at radius 1 is 1.25 bits per heavy atom. The number of primary amides is 1. The predicted molar refractivity (Wildman–Crippen MR) is 127 cm³/mol. The zero-order valence-corrected chi connectivity index (χ0v) is 18.9. The minimum Gasteiger partial charge on any atom is -0.370 e. The number of fused-ring (bicyclic) bond motifs is 1. The van der Waals surface area contributed by atoms with Crippen molar-refractivity contribution in [2.45, 2.75) is 32.6 Å². The molecule has 1 aliphatic heterocycles. The zero-order valence-electron chi connectivity index (χ0n) is 16.6. The van der Waals surface area contributed by atoms with E-state index in [1.165, 1.54) is 16.3 Å². The molecule has 0 aliphatic carbocycles. The molecule has 1 atom stereocenters. The van der Waals surface area contributed by atoms with E-state index >= 15 is 0 Å². The Bertz CT molecular complexity index is 803. The SMILES string of the molecule is CCNC(=NCCc1cccc2ccccc12)N1CCCC(CC(N)=O)C1.I. The van der Waals surface area contributed by atoms with Crippen molar-refractivity contribution in [2.24, 2.45) is 16.6 Å². The van der Waals surface area contributed by atoms with Gasteiger partial charge in [0.2, 0.25) is 5.91 Å². The van der Waals surface area contributed by atoms with Gasteiger partial charge in [-0.3, -0.25) is 9.79 Å². The van der Waals surface area contributed by atoms with Gasteiger partial charge in [0.05, 0.1) is 0 Å². The highest BCUT2D eigenvalue weighted by Crippen LogP contribution is 2.20. The molecule has 0 aromatic heterocycles. The fraction of sp³-hybridized carbons (Fsp3) is 0.455. The molecule has 3 N–H and O–H groups in total. The van der Waals surface area contributed by atoms with Crippen LogP contribution < -0.4 is 11.1 Å². The van der Waals surface area contributed by atoms with Crippen LogP contribution >= 0.6 is 24.0 Å². The molecule has 1 heterocycles. The third kappa shape index (κ3) is 6.09. The van der Waals surface area contributed by atoms with Gasteiger partial charge < -0.3 is 16.0 Å². The number of nitrogens with two attached hydrogens (primary N) is 1. The number of hydrogen-bond donors (Lipinski definition) is 2. The van der Waals surface area contributed by atoms with E-state index in [1.807, 2.05) is 0 Å². The molecule has 5 nitrogen and oxygen atoms in total. The highest BCUT2D eigenvalue weighted by molar-refractivity contribution is 14.0. The number of rotatable bonds is 6. The van der Waals surface area contributed by atoms with E-state index in [1.54, 1.807) is 0 Å². The average Bonchev–Trinajstić information content (AvgIpc) is 2.67. The van der Waals surface area contributed by atoms with Crippen molar-refractivity contribution in [1.82, 2.24) is 10.2 Å². The predicted octanol–water partition coefficient (Wildman–Crippen LogP) is 3.55. The first-order valence-electron chi connectivity index (χ1n) is 9.95. The molecule has 2 aromatic rings. The molecule has 2 aromatic carbocycles. The Balaban J connectivity index is 0.00000280. The Labute approximate surface area is 184 Å². The van der Waals surface area contributed by atoms with Gasteiger partial charge in [0.15, 0.2) is 5.96 Å². The monoisotopic (exact) mass is 494 g/mol. The molecule has 1 aliphatic rings. The normalized spacial score (nSPS) is 17.2. The van der Waals surface area contributed by atoms with Crippen LogP contribution in [0.15, 0.2) is 47.5 Å². The second-order valence-corrected chi connectivity index (χ2v) is 7.25. The van der Waals surface area contributed by atoms with E-state index in [0.717, 1.165) is 51.4 Å². The van der Waals surface area contributed by atoms with E-state index in [-0.39, 0.29) is 29.9 Å². The molecule has 1 unspecified atom stereocenters. The number of hydrogen-bond acceptors (Lipinski definition) is 2. The summed E-state index contributed by atoms with van der Waals surface area (Å²) >= 11 is 0. The van der Waals surface area contributed by atoms with Gasteiger partial charge in [-0.1, -0.05) is 42.5 Å². The lowest BCUT2D eigenvalue weighted by Gasteiger charge is -2.34. The number of piperidine rings is 1. The fourth-order valence-electron chi connectivity index (χ4n) is 3.93. The van der Waals surface area contributed by atoms with Crippen LogP contribution in [0.25, 0.3) is 10.8 Å². The molecule has 152 valence electrons.